The van der Waals surface area contributed by atoms with Crippen LogP contribution in [0.5, 0.6) is 5.75 Å². The smallest absolute Gasteiger partial charge is 0.329 e. The first kappa shape index (κ1) is 22.4. The van der Waals surface area contributed by atoms with Crippen molar-refractivity contribution in [3.8, 4) is 5.75 Å². The lowest BCUT2D eigenvalue weighted by Crippen LogP contribution is -2.36. The Morgan fingerprint density at radius 1 is 1.17 bits per heavy atom. The normalized spacial score (nSPS) is 14.8. The molecule has 0 spiro atoms. The zero-order chi connectivity index (χ0) is 21.8. The van der Waals surface area contributed by atoms with Crippen LogP contribution in [0.25, 0.3) is 6.08 Å². The minimum atomic E-state index is -0.683. The van der Waals surface area contributed by atoms with Crippen molar-refractivity contribution in [3.05, 3.63) is 66.8 Å². The van der Waals surface area contributed by atoms with Gasteiger partial charge in [-0.25, -0.2) is 9.69 Å². The van der Waals surface area contributed by atoms with Gasteiger partial charge in [-0.1, -0.05) is 35.3 Å². The van der Waals surface area contributed by atoms with E-state index in [1.165, 1.54) is 13.2 Å². The number of halogens is 3. The fourth-order valence-corrected chi connectivity index (χ4v) is 3.61. The summed E-state index contributed by atoms with van der Waals surface area (Å²) in [6.45, 7) is -0.137. The van der Waals surface area contributed by atoms with Crippen LogP contribution in [0.2, 0.25) is 10.0 Å². The maximum atomic E-state index is 12.4. The quantitative estimate of drug-likeness (QED) is 0.247. The van der Waals surface area contributed by atoms with Crippen molar-refractivity contribution in [3.63, 3.8) is 0 Å². The molecule has 1 aliphatic rings. The number of imide groups is 1. The molecule has 7 nitrogen and oxygen atoms in total. The summed E-state index contributed by atoms with van der Waals surface area (Å²) < 4.78 is 11.1. The first-order valence-electron chi connectivity index (χ1n) is 8.56. The number of nitrogens with zero attached hydrogens (tertiary/aromatic N) is 1. The Hall–Kier alpha value is -2.30. The minimum absolute atomic E-state index is 0.0733. The van der Waals surface area contributed by atoms with Gasteiger partial charge in [0.05, 0.1) is 20.7 Å². The monoisotopic (exact) mass is 560 g/mol. The highest BCUT2D eigenvalue weighted by Gasteiger charge is 2.35. The van der Waals surface area contributed by atoms with Crippen molar-refractivity contribution in [2.24, 2.45) is 0 Å². The zero-order valence-electron chi connectivity index (χ0n) is 15.6. The van der Waals surface area contributed by atoms with Gasteiger partial charge in [-0.2, -0.15) is 0 Å². The molecule has 3 rings (SSSR count). The van der Waals surface area contributed by atoms with E-state index in [1.807, 2.05) is 6.07 Å². The summed E-state index contributed by atoms with van der Waals surface area (Å²) in [4.78, 5) is 36.4. The number of hydrogen-bond donors (Lipinski definition) is 1. The van der Waals surface area contributed by atoms with Crippen LogP contribution < -0.4 is 10.1 Å². The molecule has 1 fully saturated rings. The number of amides is 3. The van der Waals surface area contributed by atoms with Gasteiger partial charge >= 0.3 is 12.0 Å². The van der Waals surface area contributed by atoms with Gasteiger partial charge in [-0.3, -0.25) is 9.59 Å². The molecule has 1 saturated heterocycles. The molecule has 156 valence electrons. The molecule has 2 aromatic rings. The number of ether oxygens (including phenoxy) is 2. The van der Waals surface area contributed by atoms with Crippen LogP contribution in [0.15, 0.2) is 42.1 Å². The van der Waals surface area contributed by atoms with Gasteiger partial charge in [0, 0.05) is 0 Å². The summed E-state index contributed by atoms with van der Waals surface area (Å²) in [5.41, 5.74) is 1.63. The van der Waals surface area contributed by atoms with Crippen LogP contribution in [0.4, 0.5) is 4.79 Å². The predicted octanol–water partition coefficient (Wildman–Crippen LogP) is 4.24. The van der Waals surface area contributed by atoms with E-state index < -0.39 is 24.5 Å². The van der Waals surface area contributed by atoms with E-state index in [0.717, 1.165) is 14.0 Å². The maximum Gasteiger partial charge on any atom is 0.329 e. The molecular formula is C20H15Cl2IN2O5. The average Bonchev–Trinajstić information content (AvgIpc) is 2.97. The molecule has 0 saturated carbocycles. The summed E-state index contributed by atoms with van der Waals surface area (Å²) in [6, 6.07) is 9.92. The van der Waals surface area contributed by atoms with Crippen molar-refractivity contribution in [2.45, 2.75) is 6.61 Å². The van der Waals surface area contributed by atoms with Crippen molar-refractivity contribution in [2.75, 3.05) is 13.7 Å². The van der Waals surface area contributed by atoms with Gasteiger partial charge in [-0.15, -0.1) is 0 Å². The van der Waals surface area contributed by atoms with Crippen molar-refractivity contribution < 1.29 is 23.9 Å². The Bertz CT molecular complexity index is 1060. The summed E-state index contributed by atoms with van der Waals surface area (Å²) >= 11 is 14.0. The lowest BCUT2D eigenvalue weighted by Gasteiger charge is -2.10. The number of urea groups is 1. The average molecular weight is 561 g/mol. The number of carbonyl (C=O) groups excluding carboxylic acids is 3. The molecule has 0 unspecified atom stereocenters. The lowest BCUT2D eigenvalue weighted by atomic mass is 10.2. The minimum Gasteiger partial charge on any atom is -0.488 e. The summed E-state index contributed by atoms with van der Waals surface area (Å²) in [7, 11) is 1.19. The third kappa shape index (κ3) is 5.24. The fraction of sp³-hybridized carbons (Fsp3) is 0.150. The summed E-state index contributed by atoms with van der Waals surface area (Å²) in [5, 5.41) is 3.39. The Morgan fingerprint density at radius 3 is 2.60 bits per heavy atom. The largest absolute Gasteiger partial charge is 0.488 e. The Labute approximate surface area is 196 Å². The highest BCUT2D eigenvalue weighted by molar-refractivity contribution is 14.1. The number of benzene rings is 2. The Balaban J connectivity index is 1.70. The van der Waals surface area contributed by atoms with Crippen LogP contribution in [0, 0.1) is 3.57 Å². The second-order valence-electron chi connectivity index (χ2n) is 6.18. The molecule has 1 N–H and O–H groups in total. The van der Waals surface area contributed by atoms with Crippen LogP contribution >= 0.6 is 45.8 Å². The standard InChI is InChI=1S/C20H15Cl2IN2O5/c1-29-18(26)9-25-19(27)16(24-20(25)28)8-11-3-5-17(15(23)7-11)30-10-12-2-4-13(21)14(22)6-12/h2-8H,9-10H2,1H3,(H,24,28)/b16-8+. The van der Waals surface area contributed by atoms with E-state index in [-0.39, 0.29) is 5.70 Å². The first-order valence-corrected chi connectivity index (χ1v) is 10.4. The molecule has 0 bridgehead atoms. The highest BCUT2D eigenvalue weighted by atomic mass is 127. The number of methoxy groups -OCH3 is 1. The number of carbonyl (C=O) groups is 3. The van der Waals surface area contributed by atoms with E-state index in [0.29, 0.717) is 28.0 Å². The molecule has 0 atom stereocenters. The molecule has 1 aliphatic heterocycles. The molecular weight excluding hydrogens is 546 g/mol. The highest BCUT2D eigenvalue weighted by Crippen LogP contribution is 2.27. The number of esters is 1. The van der Waals surface area contributed by atoms with E-state index in [4.69, 9.17) is 27.9 Å². The van der Waals surface area contributed by atoms with E-state index in [1.54, 1.807) is 30.3 Å². The topological polar surface area (TPSA) is 84.9 Å². The van der Waals surface area contributed by atoms with Crippen molar-refractivity contribution >= 4 is 69.8 Å². The maximum absolute atomic E-state index is 12.4. The number of hydrogen-bond acceptors (Lipinski definition) is 5. The van der Waals surface area contributed by atoms with Gasteiger partial charge in [0.1, 0.15) is 24.6 Å². The molecule has 2 aromatic carbocycles. The van der Waals surface area contributed by atoms with Crippen molar-refractivity contribution in [1.82, 2.24) is 10.2 Å². The molecule has 1 heterocycles. The van der Waals surface area contributed by atoms with Gasteiger partial charge in [-0.05, 0) is 64.1 Å². The molecule has 0 aliphatic carbocycles. The summed E-state index contributed by atoms with van der Waals surface area (Å²) in [6.07, 6.45) is 1.53. The Morgan fingerprint density at radius 2 is 1.93 bits per heavy atom. The lowest BCUT2D eigenvalue weighted by molar-refractivity contribution is -0.143. The molecule has 0 aromatic heterocycles. The van der Waals surface area contributed by atoms with E-state index in [9.17, 15) is 14.4 Å². The van der Waals surface area contributed by atoms with Crippen molar-refractivity contribution in [1.29, 1.82) is 0 Å². The van der Waals surface area contributed by atoms with Gasteiger partial charge in [0.15, 0.2) is 0 Å². The molecule has 30 heavy (non-hydrogen) atoms. The molecule has 0 radical (unpaired) electrons. The van der Waals surface area contributed by atoms with E-state index >= 15 is 0 Å². The predicted molar refractivity (Wildman–Crippen MR) is 120 cm³/mol. The fourth-order valence-electron chi connectivity index (χ4n) is 2.59. The third-order valence-electron chi connectivity index (χ3n) is 4.12. The molecule has 10 heteroatoms. The summed E-state index contributed by atoms with van der Waals surface area (Å²) in [5.74, 6) is -0.629. The van der Waals surface area contributed by atoms with Crippen LogP contribution in [-0.4, -0.2) is 36.5 Å². The number of rotatable bonds is 6. The SMILES string of the molecule is COC(=O)CN1C(=O)N/C(=C/c2ccc(OCc3ccc(Cl)c(Cl)c3)c(I)c2)C1=O. The number of nitrogens with one attached hydrogen (secondary N) is 1. The van der Waals surface area contributed by atoms with Gasteiger partial charge in [0.2, 0.25) is 0 Å². The zero-order valence-corrected chi connectivity index (χ0v) is 19.2. The van der Waals surface area contributed by atoms with Crippen LogP contribution in [0.3, 0.4) is 0 Å². The third-order valence-corrected chi connectivity index (χ3v) is 5.70. The second kappa shape index (κ2) is 9.67. The first-order chi connectivity index (χ1) is 14.3. The van der Waals surface area contributed by atoms with E-state index in [2.05, 4.69) is 32.6 Å². The van der Waals surface area contributed by atoms with Crippen LogP contribution in [0.1, 0.15) is 11.1 Å². The molecule has 3 amide bonds. The van der Waals surface area contributed by atoms with Crippen LogP contribution in [-0.2, 0) is 20.9 Å². The van der Waals surface area contributed by atoms with Gasteiger partial charge in [0.25, 0.3) is 5.91 Å². The Kier molecular flexibility index (Phi) is 7.22. The van der Waals surface area contributed by atoms with Gasteiger partial charge < -0.3 is 14.8 Å². The second-order valence-corrected chi connectivity index (χ2v) is 8.16.